The Balaban J connectivity index is 4.51. The van der Waals surface area contributed by atoms with Gasteiger partial charge in [0.05, 0.1) is 6.42 Å². The predicted molar refractivity (Wildman–Crippen MR) is 42.0 cm³/mol. The zero-order valence-corrected chi connectivity index (χ0v) is 7.48. The first-order chi connectivity index (χ1) is 5.86. The van der Waals surface area contributed by atoms with Gasteiger partial charge in [0.25, 0.3) is 0 Å². The van der Waals surface area contributed by atoms with Gasteiger partial charge in [-0.15, -0.1) is 0 Å². The molecule has 6 nitrogen and oxygen atoms in total. The summed E-state index contributed by atoms with van der Waals surface area (Å²) < 4.78 is 0.358. The molecule has 1 amide bonds. The molecule has 7 heteroatoms. The largest absolute Gasteiger partial charge is 0.481 e. The fraction of sp³-hybridized carbons (Fsp3) is 0.500. The Labute approximate surface area is 78.8 Å². The number of hydrogen-bond donors (Lipinski definition) is 2. The molecule has 0 aliphatic rings. The molecule has 1 atom stereocenters. The number of carboxylic acid groups (broad SMARTS) is 2. The number of halogens is 1. The highest BCUT2D eigenvalue weighted by molar-refractivity contribution is 6.22. The smallest absolute Gasteiger partial charge is 0.328 e. The Morgan fingerprint density at radius 3 is 2.08 bits per heavy atom. The summed E-state index contributed by atoms with van der Waals surface area (Å²) in [6.45, 7) is 1.05. The Morgan fingerprint density at radius 1 is 1.38 bits per heavy atom. The minimum atomic E-state index is -1.53. The summed E-state index contributed by atoms with van der Waals surface area (Å²) >= 11 is 5.26. The molecule has 2 N–H and O–H groups in total. The standard InChI is InChI=1S/C6H8ClNO5/c1-3(9)8(7)4(6(12)13)2-5(10)11/h4H,2H2,1H3,(H,10,11)(H,12,13). The average molecular weight is 210 g/mol. The van der Waals surface area contributed by atoms with Crippen molar-refractivity contribution >= 4 is 29.6 Å². The first kappa shape index (κ1) is 11.7. The molecule has 0 aromatic carbocycles. The number of carbonyl (C=O) groups excluding carboxylic acids is 1. The molecule has 0 saturated carbocycles. The maximum Gasteiger partial charge on any atom is 0.328 e. The molecule has 0 rings (SSSR count). The van der Waals surface area contributed by atoms with Crippen LogP contribution >= 0.6 is 11.8 Å². The Bertz CT molecular complexity index is 241. The summed E-state index contributed by atoms with van der Waals surface area (Å²) in [5.74, 6) is -3.50. The number of amides is 1. The van der Waals surface area contributed by atoms with E-state index in [1.54, 1.807) is 0 Å². The van der Waals surface area contributed by atoms with Crippen LogP contribution in [0.2, 0.25) is 0 Å². The Kier molecular flexibility index (Phi) is 4.19. The maximum atomic E-state index is 10.6. The molecule has 1 unspecified atom stereocenters. The highest BCUT2D eigenvalue weighted by Gasteiger charge is 2.28. The van der Waals surface area contributed by atoms with Crippen LogP contribution < -0.4 is 0 Å². The van der Waals surface area contributed by atoms with Gasteiger partial charge in [-0.1, -0.05) is 0 Å². The van der Waals surface area contributed by atoms with E-state index in [4.69, 9.17) is 22.0 Å². The van der Waals surface area contributed by atoms with E-state index < -0.39 is 30.3 Å². The van der Waals surface area contributed by atoms with Gasteiger partial charge in [0.15, 0.2) is 6.04 Å². The number of rotatable bonds is 4. The van der Waals surface area contributed by atoms with Crippen LogP contribution in [0.25, 0.3) is 0 Å². The van der Waals surface area contributed by atoms with E-state index in [1.165, 1.54) is 0 Å². The highest BCUT2D eigenvalue weighted by Crippen LogP contribution is 2.08. The third-order valence-electron chi connectivity index (χ3n) is 1.23. The molecule has 0 bridgehead atoms. The van der Waals surface area contributed by atoms with E-state index in [0.717, 1.165) is 6.92 Å². The molecule has 74 valence electrons. The van der Waals surface area contributed by atoms with Crippen LogP contribution in [-0.2, 0) is 14.4 Å². The second kappa shape index (κ2) is 4.66. The molecule has 0 saturated heterocycles. The average Bonchev–Trinajstić information content (AvgIpc) is 1.97. The van der Waals surface area contributed by atoms with Crippen LogP contribution in [0.1, 0.15) is 13.3 Å². The quantitative estimate of drug-likeness (QED) is 0.632. The van der Waals surface area contributed by atoms with Gasteiger partial charge in [0.2, 0.25) is 5.91 Å². The zero-order chi connectivity index (χ0) is 10.6. The number of carbonyl (C=O) groups is 3. The van der Waals surface area contributed by atoms with E-state index in [2.05, 4.69) is 0 Å². The summed E-state index contributed by atoms with van der Waals surface area (Å²) in [6.07, 6.45) is -0.724. The highest BCUT2D eigenvalue weighted by atomic mass is 35.5. The molecule has 0 fully saturated rings. The van der Waals surface area contributed by atoms with Gasteiger partial charge < -0.3 is 10.2 Å². The van der Waals surface area contributed by atoms with Crippen molar-refractivity contribution < 1.29 is 24.6 Å². The maximum absolute atomic E-state index is 10.6. The van der Waals surface area contributed by atoms with E-state index in [0.29, 0.717) is 4.42 Å². The van der Waals surface area contributed by atoms with E-state index in [-0.39, 0.29) is 0 Å². The number of aliphatic carboxylic acids is 2. The van der Waals surface area contributed by atoms with Gasteiger partial charge in [0.1, 0.15) is 0 Å². The molecule has 0 heterocycles. The molecule has 0 aromatic rings. The third kappa shape index (κ3) is 3.75. The van der Waals surface area contributed by atoms with Crippen LogP contribution in [0.15, 0.2) is 0 Å². The van der Waals surface area contributed by atoms with Crippen LogP contribution in [0.4, 0.5) is 0 Å². The molecule has 0 aliphatic carbocycles. The van der Waals surface area contributed by atoms with E-state index in [9.17, 15) is 14.4 Å². The number of hydrogen-bond acceptors (Lipinski definition) is 3. The SMILES string of the molecule is CC(=O)N(Cl)C(CC(=O)O)C(=O)O. The molecule has 0 aromatic heterocycles. The van der Waals surface area contributed by atoms with Crippen LogP contribution in [0.3, 0.4) is 0 Å². The Hall–Kier alpha value is -1.30. The topological polar surface area (TPSA) is 94.9 Å². The van der Waals surface area contributed by atoms with Crippen molar-refractivity contribution in [2.75, 3.05) is 0 Å². The lowest BCUT2D eigenvalue weighted by molar-refractivity contribution is -0.150. The van der Waals surface area contributed by atoms with Crippen molar-refractivity contribution in [3.8, 4) is 0 Å². The first-order valence-electron chi connectivity index (χ1n) is 3.26. The van der Waals surface area contributed by atoms with Crippen LogP contribution in [0, 0.1) is 0 Å². The predicted octanol–water partition coefficient (Wildman–Crippen LogP) is -0.0834. The second-order valence-electron chi connectivity index (χ2n) is 2.28. The van der Waals surface area contributed by atoms with Gasteiger partial charge in [-0.2, -0.15) is 0 Å². The van der Waals surface area contributed by atoms with E-state index >= 15 is 0 Å². The fourth-order valence-corrected chi connectivity index (χ4v) is 0.802. The second-order valence-corrected chi connectivity index (χ2v) is 2.65. The third-order valence-corrected chi connectivity index (χ3v) is 1.70. The minimum absolute atomic E-state index is 0.358. The summed E-state index contributed by atoms with van der Waals surface area (Å²) in [6, 6.07) is -1.53. The lowest BCUT2D eigenvalue weighted by Crippen LogP contribution is -2.39. The van der Waals surface area contributed by atoms with Gasteiger partial charge in [0, 0.05) is 18.7 Å². The van der Waals surface area contributed by atoms with Crippen molar-refractivity contribution in [3.63, 3.8) is 0 Å². The monoisotopic (exact) mass is 209 g/mol. The molecular formula is C6H8ClNO5. The summed E-state index contributed by atoms with van der Waals surface area (Å²) in [4.78, 5) is 31.2. The van der Waals surface area contributed by atoms with Gasteiger partial charge in [-0.25, -0.2) is 9.21 Å². The molecule has 0 aliphatic heterocycles. The fourth-order valence-electron chi connectivity index (χ4n) is 0.649. The molecule has 13 heavy (non-hydrogen) atoms. The number of nitrogens with zero attached hydrogens (tertiary/aromatic N) is 1. The van der Waals surface area contributed by atoms with Crippen LogP contribution in [-0.4, -0.2) is 38.5 Å². The van der Waals surface area contributed by atoms with E-state index in [1.807, 2.05) is 0 Å². The molecular weight excluding hydrogens is 202 g/mol. The summed E-state index contributed by atoms with van der Waals surface area (Å²) in [5, 5.41) is 16.8. The van der Waals surface area contributed by atoms with Crippen molar-refractivity contribution in [3.05, 3.63) is 0 Å². The van der Waals surface area contributed by atoms with Crippen molar-refractivity contribution in [1.29, 1.82) is 0 Å². The summed E-state index contributed by atoms with van der Waals surface area (Å²) in [7, 11) is 0. The zero-order valence-electron chi connectivity index (χ0n) is 6.73. The molecule has 0 radical (unpaired) electrons. The normalized spacial score (nSPS) is 11.8. The van der Waals surface area contributed by atoms with Gasteiger partial charge in [-0.05, 0) is 0 Å². The lowest BCUT2D eigenvalue weighted by atomic mass is 10.2. The summed E-state index contributed by atoms with van der Waals surface area (Å²) in [5.41, 5.74) is 0. The Morgan fingerprint density at radius 2 is 1.85 bits per heavy atom. The van der Waals surface area contributed by atoms with Gasteiger partial charge >= 0.3 is 11.9 Å². The minimum Gasteiger partial charge on any atom is -0.481 e. The number of carboxylic acids is 2. The van der Waals surface area contributed by atoms with Gasteiger partial charge in [-0.3, -0.25) is 9.59 Å². The van der Waals surface area contributed by atoms with Crippen molar-refractivity contribution in [1.82, 2.24) is 4.42 Å². The van der Waals surface area contributed by atoms with Crippen molar-refractivity contribution in [2.24, 2.45) is 0 Å². The first-order valence-corrected chi connectivity index (χ1v) is 3.60. The van der Waals surface area contributed by atoms with Crippen LogP contribution in [0.5, 0.6) is 0 Å². The lowest BCUT2D eigenvalue weighted by Gasteiger charge is -2.18. The van der Waals surface area contributed by atoms with Crippen molar-refractivity contribution in [2.45, 2.75) is 19.4 Å². The molecule has 0 spiro atoms.